The van der Waals surface area contributed by atoms with Crippen LogP contribution in [0.25, 0.3) is 5.76 Å². The number of benzene rings is 1. The molecule has 4 atom stereocenters. The standard InChI is InChI=1S/C26H30ClN3O7/c1-29(2)20-14-8-11-7-13-17(15(31)9-12(19(13)27)10-30-5-3-4-6-30)21(32)16(11)23(34)26(14,37)24(35)18(22(20)33)25(28)36/h9,11,14,20,31-32,35,37H,3-8,10H2,1-2H3,(H2,28,36)/t11-,14-,20-,26-/m0/s1. The highest BCUT2D eigenvalue weighted by Crippen LogP contribution is 2.53. The summed E-state index contributed by atoms with van der Waals surface area (Å²) < 4.78 is 0. The van der Waals surface area contributed by atoms with Crippen molar-refractivity contribution in [3.63, 3.8) is 0 Å². The Kier molecular flexibility index (Phi) is 6.14. The van der Waals surface area contributed by atoms with E-state index in [1.54, 1.807) is 14.1 Å². The highest BCUT2D eigenvalue weighted by atomic mass is 35.5. The molecule has 1 saturated carbocycles. The van der Waals surface area contributed by atoms with E-state index in [2.05, 4.69) is 4.90 Å². The van der Waals surface area contributed by atoms with Crippen LogP contribution >= 0.6 is 11.6 Å². The van der Waals surface area contributed by atoms with E-state index in [1.807, 2.05) is 0 Å². The van der Waals surface area contributed by atoms with Gasteiger partial charge in [0.1, 0.15) is 22.8 Å². The summed E-state index contributed by atoms with van der Waals surface area (Å²) in [6.45, 7) is 2.38. The Bertz CT molecular complexity index is 1300. The second-order valence-corrected chi connectivity index (χ2v) is 11.0. The van der Waals surface area contributed by atoms with Crippen LogP contribution in [0.15, 0.2) is 23.0 Å². The fourth-order valence-corrected chi connectivity index (χ4v) is 6.93. The van der Waals surface area contributed by atoms with Crippen molar-refractivity contribution in [2.45, 2.75) is 43.9 Å². The lowest BCUT2D eigenvalue weighted by atomic mass is 9.57. The summed E-state index contributed by atoms with van der Waals surface area (Å²) in [6, 6.07) is 0.355. The van der Waals surface area contributed by atoms with Gasteiger partial charge in [0.05, 0.1) is 11.6 Å². The van der Waals surface area contributed by atoms with E-state index in [9.17, 15) is 34.8 Å². The topological polar surface area (TPSA) is 165 Å². The number of rotatable bonds is 4. The maximum Gasteiger partial charge on any atom is 0.255 e. The zero-order valence-electron chi connectivity index (χ0n) is 20.6. The predicted octanol–water partition coefficient (Wildman–Crippen LogP) is 1.21. The molecule has 1 aromatic rings. The number of aliphatic hydroxyl groups excluding tert-OH is 2. The summed E-state index contributed by atoms with van der Waals surface area (Å²) in [7, 11) is 3.12. The Morgan fingerprint density at radius 2 is 1.86 bits per heavy atom. The number of aromatic hydroxyl groups is 1. The number of carbonyl (C=O) groups is 3. The minimum absolute atomic E-state index is 0.00598. The molecule has 6 N–H and O–H groups in total. The van der Waals surface area contributed by atoms with Gasteiger partial charge in [0.25, 0.3) is 5.91 Å². The fraction of sp³-hybridized carbons (Fsp3) is 0.500. The molecule has 1 heterocycles. The number of ketones is 2. The molecule has 2 fully saturated rings. The summed E-state index contributed by atoms with van der Waals surface area (Å²) in [5.74, 6) is -6.75. The number of Topliss-reactive ketones (excluding diaryl/α,β-unsaturated/α-hetero) is 2. The van der Waals surface area contributed by atoms with Crippen LogP contribution in [0.3, 0.4) is 0 Å². The van der Waals surface area contributed by atoms with Gasteiger partial charge in [-0.2, -0.15) is 0 Å². The third kappa shape index (κ3) is 3.61. The van der Waals surface area contributed by atoms with Gasteiger partial charge in [-0.15, -0.1) is 0 Å². The number of likely N-dealkylation sites (tertiary alicyclic amines) is 1. The van der Waals surface area contributed by atoms with E-state index >= 15 is 0 Å². The molecule has 10 nitrogen and oxygen atoms in total. The maximum absolute atomic E-state index is 13.8. The smallest absolute Gasteiger partial charge is 0.255 e. The van der Waals surface area contributed by atoms with Crippen molar-refractivity contribution in [2.75, 3.05) is 27.2 Å². The second kappa shape index (κ2) is 8.83. The van der Waals surface area contributed by atoms with Crippen molar-refractivity contribution < 1.29 is 34.8 Å². The highest BCUT2D eigenvalue weighted by molar-refractivity contribution is 6.32. The number of phenolic OH excluding ortho intramolecular Hbond substituents is 1. The summed E-state index contributed by atoms with van der Waals surface area (Å²) >= 11 is 6.79. The highest BCUT2D eigenvalue weighted by Gasteiger charge is 2.64. The number of nitrogens with zero attached hydrogens (tertiary/aromatic N) is 2. The van der Waals surface area contributed by atoms with Crippen LogP contribution in [-0.4, -0.2) is 86.5 Å². The number of fused-ring (bicyclic) bond motifs is 3. The Labute approximate surface area is 218 Å². The molecule has 0 bridgehead atoms. The van der Waals surface area contributed by atoms with E-state index in [-0.39, 0.29) is 29.7 Å². The van der Waals surface area contributed by atoms with E-state index in [1.165, 1.54) is 11.0 Å². The lowest BCUT2D eigenvalue weighted by Crippen LogP contribution is -2.65. The molecular weight excluding hydrogens is 502 g/mol. The SMILES string of the molecule is CN(C)[C@@H]1C(=O)C(C(N)=O)=C(O)[C@@]2(O)C(=O)C3=C(O)c4c(O)cc(CN5CCCC5)c(Cl)c4C[C@H]3C[C@@H]12. The summed E-state index contributed by atoms with van der Waals surface area (Å²) in [5, 5.41) is 45.0. The molecular formula is C26H30ClN3O7. The lowest BCUT2D eigenvalue weighted by Gasteiger charge is -2.50. The second-order valence-electron chi connectivity index (χ2n) is 10.7. The molecule has 1 aliphatic heterocycles. The number of nitrogens with two attached hydrogens (primary N) is 1. The average Bonchev–Trinajstić information content (AvgIpc) is 3.32. The summed E-state index contributed by atoms with van der Waals surface area (Å²) in [6.07, 6.45) is 2.37. The molecule has 0 aromatic heterocycles. The number of aliphatic hydroxyl groups is 3. The van der Waals surface area contributed by atoms with Gasteiger partial charge in [-0.3, -0.25) is 24.2 Å². The third-order valence-electron chi connectivity index (χ3n) is 8.32. The Balaban J connectivity index is 1.66. The molecule has 0 radical (unpaired) electrons. The molecule has 11 heteroatoms. The maximum atomic E-state index is 13.8. The fourth-order valence-electron chi connectivity index (χ4n) is 6.64. The lowest BCUT2D eigenvalue weighted by molar-refractivity contribution is -0.153. The molecule has 1 saturated heterocycles. The van der Waals surface area contributed by atoms with Crippen LogP contribution in [0, 0.1) is 11.8 Å². The van der Waals surface area contributed by atoms with Crippen molar-refractivity contribution in [1.29, 1.82) is 0 Å². The van der Waals surface area contributed by atoms with Gasteiger partial charge in [0.2, 0.25) is 5.78 Å². The number of hydrogen-bond acceptors (Lipinski definition) is 9. The van der Waals surface area contributed by atoms with Crippen molar-refractivity contribution in [3.8, 4) is 5.75 Å². The van der Waals surface area contributed by atoms with Crippen LogP contribution < -0.4 is 5.73 Å². The van der Waals surface area contributed by atoms with Crippen LogP contribution in [0.5, 0.6) is 5.75 Å². The number of phenols is 1. The van der Waals surface area contributed by atoms with Crippen molar-refractivity contribution in [1.82, 2.24) is 9.80 Å². The largest absolute Gasteiger partial charge is 0.508 e. The van der Waals surface area contributed by atoms with Crippen LogP contribution in [0.4, 0.5) is 0 Å². The van der Waals surface area contributed by atoms with Gasteiger partial charge in [0.15, 0.2) is 11.4 Å². The number of halogens is 1. The summed E-state index contributed by atoms with van der Waals surface area (Å²) in [4.78, 5) is 42.7. The molecule has 3 aliphatic carbocycles. The average molecular weight is 532 g/mol. The van der Waals surface area contributed by atoms with E-state index in [0.29, 0.717) is 22.7 Å². The van der Waals surface area contributed by atoms with Gasteiger partial charge in [-0.25, -0.2) is 0 Å². The van der Waals surface area contributed by atoms with Crippen LogP contribution in [0.1, 0.15) is 36.0 Å². The normalized spacial score (nSPS) is 30.0. The zero-order chi connectivity index (χ0) is 27.0. The minimum atomic E-state index is -2.65. The van der Waals surface area contributed by atoms with Crippen molar-refractivity contribution in [2.24, 2.45) is 17.6 Å². The van der Waals surface area contributed by atoms with Gasteiger partial charge >= 0.3 is 0 Å². The first kappa shape index (κ1) is 25.7. The van der Waals surface area contributed by atoms with Gasteiger partial charge in [-0.1, -0.05) is 11.6 Å². The van der Waals surface area contributed by atoms with Gasteiger partial charge in [-0.05, 0) is 76.0 Å². The molecule has 198 valence electrons. The summed E-state index contributed by atoms with van der Waals surface area (Å²) in [5.41, 5.74) is 2.86. The van der Waals surface area contributed by atoms with Crippen molar-refractivity contribution in [3.05, 3.63) is 44.7 Å². The molecule has 0 unspecified atom stereocenters. The number of likely N-dealkylation sites (N-methyl/N-ethyl adjacent to an activating group) is 1. The van der Waals surface area contributed by atoms with Crippen LogP contribution in [0.2, 0.25) is 5.02 Å². The molecule has 4 aliphatic rings. The molecule has 0 spiro atoms. The first-order valence-corrected chi connectivity index (χ1v) is 12.7. The Morgan fingerprint density at radius 3 is 2.46 bits per heavy atom. The van der Waals surface area contributed by atoms with Gasteiger partial charge < -0.3 is 26.2 Å². The first-order chi connectivity index (χ1) is 17.4. The van der Waals surface area contributed by atoms with Gasteiger partial charge in [0, 0.05) is 23.1 Å². The number of carbonyl (C=O) groups excluding carboxylic acids is 3. The predicted molar refractivity (Wildman–Crippen MR) is 134 cm³/mol. The number of hydrogen-bond donors (Lipinski definition) is 5. The van der Waals surface area contributed by atoms with E-state index in [4.69, 9.17) is 17.3 Å². The van der Waals surface area contributed by atoms with Crippen LogP contribution in [-0.2, 0) is 27.3 Å². The Morgan fingerprint density at radius 1 is 1.22 bits per heavy atom. The molecule has 37 heavy (non-hydrogen) atoms. The number of amides is 1. The molecule has 5 rings (SSSR count). The zero-order valence-corrected chi connectivity index (χ0v) is 21.4. The van der Waals surface area contributed by atoms with E-state index in [0.717, 1.165) is 25.9 Å². The third-order valence-corrected chi connectivity index (χ3v) is 8.79. The van der Waals surface area contributed by atoms with Crippen molar-refractivity contribution >= 4 is 34.8 Å². The monoisotopic (exact) mass is 531 g/mol. The Hall–Kier alpha value is -2.92. The minimum Gasteiger partial charge on any atom is -0.508 e. The quantitative estimate of drug-likeness (QED) is 0.359. The first-order valence-electron chi connectivity index (χ1n) is 12.3. The van der Waals surface area contributed by atoms with E-state index < -0.39 is 58.0 Å². The molecule has 1 aromatic carbocycles. The number of primary amides is 1. The molecule has 1 amide bonds.